The van der Waals surface area contributed by atoms with Crippen molar-refractivity contribution < 1.29 is 19.4 Å². The summed E-state index contributed by atoms with van der Waals surface area (Å²) in [6, 6.07) is -0.534. The highest BCUT2D eigenvalue weighted by Gasteiger charge is 2.39. The molecule has 17 heavy (non-hydrogen) atoms. The summed E-state index contributed by atoms with van der Waals surface area (Å²) in [6.45, 7) is 3.12. The Labute approximate surface area is 101 Å². The minimum Gasteiger partial charge on any atom is -0.481 e. The summed E-state index contributed by atoms with van der Waals surface area (Å²) in [7, 11) is 3.34. The molecule has 0 spiro atoms. The van der Waals surface area contributed by atoms with Crippen molar-refractivity contribution in [3.8, 4) is 0 Å². The molecule has 1 rings (SSSR count). The number of hydrogen-bond acceptors (Lipinski definition) is 3. The van der Waals surface area contributed by atoms with Gasteiger partial charge in [0, 0.05) is 20.6 Å². The van der Waals surface area contributed by atoms with E-state index in [4.69, 9.17) is 9.84 Å². The van der Waals surface area contributed by atoms with Gasteiger partial charge in [0.1, 0.15) is 5.92 Å². The molecule has 0 aromatic heterocycles. The Balaban J connectivity index is 2.65. The molecule has 0 bridgehead atoms. The van der Waals surface area contributed by atoms with Gasteiger partial charge in [0.2, 0.25) is 0 Å². The lowest BCUT2D eigenvalue weighted by molar-refractivity contribution is -0.142. The number of carboxylic acid groups (broad SMARTS) is 1. The van der Waals surface area contributed by atoms with Gasteiger partial charge in [0.25, 0.3) is 0 Å². The second-order valence-corrected chi connectivity index (χ2v) is 4.36. The number of carboxylic acids is 1. The van der Waals surface area contributed by atoms with E-state index in [1.54, 1.807) is 19.0 Å². The normalized spacial score (nSPS) is 23.5. The second-order valence-electron chi connectivity index (χ2n) is 4.36. The first-order valence-electron chi connectivity index (χ1n) is 5.77. The van der Waals surface area contributed by atoms with Crippen LogP contribution in [-0.2, 0) is 9.53 Å². The van der Waals surface area contributed by atoms with Crippen LogP contribution < -0.4 is 0 Å². The lowest BCUT2D eigenvalue weighted by Crippen LogP contribution is -2.49. The zero-order valence-corrected chi connectivity index (χ0v) is 10.5. The van der Waals surface area contributed by atoms with Gasteiger partial charge in [-0.25, -0.2) is 4.79 Å². The van der Waals surface area contributed by atoms with E-state index in [0.717, 1.165) is 6.42 Å². The van der Waals surface area contributed by atoms with E-state index in [1.165, 1.54) is 4.90 Å². The number of carbonyl (C=O) groups is 2. The molecular weight excluding hydrogens is 224 g/mol. The standard InChI is InChI=1S/C11H20N2O4/c1-4-5-12(2)11(16)13(3)9-7-17-6-8(9)10(14)15/h8-9H,4-7H2,1-3H3,(H,14,15). The third-order valence-corrected chi connectivity index (χ3v) is 3.05. The Kier molecular flexibility index (Phi) is 4.74. The van der Waals surface area contributed by atoms with Crippen molar-refractivity contribution in [3.63, 3.8) is 0 Å². The van der Waals surface area contributed by atoms with E-state index in [0.29, 0.717) is 13.2 Å². The molecule has 1 aliphatic rings. The van der Waals surface area contributed by atoms with E-state index in [2.05, 4.69) is 0 Å². The van der Waals surface area contributed by atoms with Gasteiger partial charge in [-0.2, -0.15) is 0 Å². The van der Waals surface area contributed by atoms with Gasteiger partial charge in [-0.05, 0) is 6.42 Å². The molecule has 6 heteroatoms. The first-order valence-corrected chi connectivity index (χ1v) is 5.77. The monoisotopic (exact) mass is 244 g/mol. The van der Waals surface area contributed by atoms with Gasteiger partial charge in [0.05, 0.1) is 19.3 Å². The number of rotatable bonds is 4. The number of hydrogen-bond donors (Lipinski definition) is 1. The van der Waals surface area contributed by atoms with Gasteiger partial charge in [-0.1, -0.05) is 6.92 Å². The minimum absolute atomic E-state index is 0.159. The molecule has 0 radical (unpaired) electrons. The lowest BCUT2D eigenvalue weighted by atomic mass is 10.0. The SMILES string of the molecule is CCCN(C)C(=O)N(C)C1COCC1C(=O)O. The van der Waals surface area contributed by atoms with Crippen molar-refractivity contribution in [2.24, 2.45) is 5.92 Å². The van der Waals surface area contributed by atoms with Crippen LogP contribution in [-0.4, -0.2) is 66.8 Å². The van der Waals surface area contributed by atoms with Crippen LogP contribution in [0.3, 0.4) is 0 Å². The quantitative estimate of drug-likeness (QED) is 0.781. The molecular formula is C11H20N2O4. The van der Waals surface area contributed by atoms with Crippen LogP contribution in [0.25, 0.3) is 0 Å². The largest absolute Gasteiger partial charge is 0.481 e. The Morgan fingerprint density at radius 3 is 2.53 bits per heavy atom. The van der Waals surface area contributed by atoms with Crippen molar-refractivity contribution in [1.29, 1.82) is 0 Å². The van der Waals surface area contributed by atoms with Crippen molar-refractivity contribution in [2.45, 2.75) is 19.4 Å². The topological polar surface area (TPSA) is 70.1 Å². The van der Waals surface area contributed by atoms with Gasteiger partial charge < -0.3 is 19.6 Å². The molecule has 1 N–H and O–H groups in total. The van der Waals surface area contributed by atoms with Gasteiger partial charge in [-0.15, -0.1) is 0 Å². The zero-order valence-electron chi connectivity index (χ0n) is 10.5. The van der Waals surface area contributed by atoms with Crippen LogP contribution in [0.2, 0.25) is 0 Å². The van der Waals surface area contributed by atoms with Gasteiger partial charge >= 0.3 is 12.0 Å². The first kappa shape index (κ1) is 13.8. The summed E-state index contributed by atoms with van der Waals surface area (Å²) >= 11 is 0. The molecule has 2 amide bonds. The number of aliphatic carboxylic acids is 1. The molecule has 1 fully saturated rings. The van der Waals surface area contributed by atoms with E-state index in [-0.39, 0.29) is 18.7 Å². The molecule has 1 aliphatic heterocycles. The van der Waals surface area contributed by atoms with E-state index in [9.17, 15) is 9.59 Å². The number of urea groups is 1. The average molecular weight is 244 g/mol. The molecule has 1 heterocycles. The third-order valence-electron chi connectivity index (χ3n) is 3.05. The summed E-state index contributed by atoms with van der Waals surface area (Å²) in [5.74, 6) is -1.54. The molecule has 2 unspecified atom stereocenters. The maximum atomic E-state index is 12.0. The van der Waals surface area contributed by atoms with E-state index < -0.39 is 11.9 Å². The van der Waals surface area contributed by atoms with E-state index in [1.807, 2.05) is 6.92 Å². The molecule has 0 aliphatic carbocycles. The van der Waals surface area contributed by atoms with Crippen LogP contribution in [0.4, 0.5) is 4.79 Å². The molecule has 0 aromatic carbocycles. The maximum absolute atomic E-state index is 12.0. The number of amides is 2. The number of nitrogens with zero attached hydrogens (tertiary/aromatic N) is 2. The Bertz CT molecular complexity index is 295. The summed E-state index contributed by atoms with van der Waals surface area (Å²) < 4.78 is 5.15. The van der Waals surface area contributed by atoms with E-state index >= 15 is 0 Å². The fourth-order valence-electron chi connectivity index (χ4n) is 2.00. The Morgan fingerprint density at radius 2 is 2.00 bits per heavy atom. The highest BCUT2D eigenvalue weighted by Crippen LogP contribution is 2.19. The smallest absolute Gasteiger partial charge is 0.319 e. The molecule has 2 atom stereocenters. The molecule has 0 saturated carbocycles. The predicted molar refractivity (Wildman–Crippen MR) is 61.8 cm³/mol. The lowest BCUT2D eigenvalue weighted by Gasteiger charge is -2.30. The minimum atomic E-state index is -0.912. The van der Waals surface area contributed by atoms with Crippen LogP contribution >= 0.6 is 0 Å². The summed E-state index contributed by atoms with van der Waals surface area (Å²) in [5, 5.41) is 9.02. The highest BCUT2D eigenvalue weighted by atomic mass is 16.5. The van der Waals surface area contributed by atoms with Gasteiger partial charge in [0.15, 0.2) is 0 Å². The van der Waals surface area contributed by atoms with Gasteiger partial charge in [-0.3, -0.25) is 4.79 Å². The van der Waals surface area contributed by atoms with Crippen molar-refractivity contribution in [1.82, 2.24) is 9.80 Å². The summed E-state index contributed by atoms with van der Waals surface area (Å²) in [5.41, 5.74) is 0. The van der Waals surface area contributed by atoms with Crippen molar-refractivity contribution in [2.75, 3.05) is 33.9 Å². The fourth-order valence-corrected chi connectivity index (χ4v) is 2.00. The molecule has 0 aromatic rings. The molecule has 6 nitrogen and oxygen atoms in total. The zero-order chi connectivity index (χ0) is 13.0. The van der Waals surface area contributed by atoms with Crippen molar-refractivity contribution in [3.05, 3.63) is 0 Å². The third kappa shape index (κ3) is 3.09. The second kappa shape index (κ2) is 5.86. The predicted octanol–water partition coefficient (Wildman–Crippen LogP) is 0.480. The number of ether oxygens (including phenoxy) is 1. The van der Waals surface area contributed by atoms with Crippen LogP contribution in [0.1, 0.15) is 13.3 Å². The summed E-state index contributed by atoms with van der Waals surface area (Å²) in [4.78, 5) is 26.1. The number of likely N-dealkylation sites (N-methyl/N-ethyl adjacent to an activating group) is 1. The summed E-state index contributed by atoms with van der Waals surface area (Å²) in [6.07, 6.45) is 0.875. The Hall–Kier alpha value is -1.30. The maximum Gasteiger partial charge on any atom is 0.319 e. The van der Waals surface area contributed by atoms with Crippen LogP contribution in [0.5, 0.6) is 0 Å². The highest BCUT2D eigenvalue weighted by molar-refractivity contribution is 5.77. The average Bonchev–Trinajstić information content (AvgIpc) is 2.76. The van der Waals surface area contributed by atoms with Crippen LogP contribution in [0, 0.1) is 5.92 Å². The Morgan fingerprint density at radius 1 is 1.35 bits per heavy atom. The fraction of sp³-hybridized carbons (Fsp3) is 0.818. The molecule has 98 valence electrons. The molecule has 1 saturated heterocycles. The number of carbonyl (C=O) groups excluding carboxylic acids is 1. The van der Waals surface area contributed by atoms with Crippen LogP contribution in [0.15, 0.2) is 0 Å². The first-order chi connectivity index (χ1) is 7.99. The van der Waals surface area contributed by atoms with Crippen molar-refractivity contribution >= 4 is 12.0 Å².